The van der Waals surface area contributed by atoms with Crippen molar-refractivity contribution in [3.63, 3.8) is 0 Å². The van der Waals surface area contributed by atoms with Gasteiger partial charge in [0.2, 0.25) is 0 Å². The Kier molecular flexibility index (Phi) is 2.17. The smallest absolute Gasteiger partial charge is 0.0720 e. The minimum Gasteiger partial charge on any atom is -0.326 e. The molecule has 1 heterocycles. The van der Waals surface area contributed by atoms with E-state index in [1.54, 1.807) is 12.3 Å². The molecule has 0 spiro atoms. The highest BCUT2D eigenvalue weighted by atomic mass is 35.5. The second-order valence-corrected chi connectivity index (χ2v) is 3.26. The third kappa shape index (κ3) is 1.50. The molecule has 2 nitrogen and oxygen atoms in total. The third-order valence-electron chi connectivity index (χ3n) is 1.99. The minimum absolute atomic E-state index is 0.532. The minimum atomic E-state index is 0.532. The Hall–Kier alpha value is -1.12. The predicted octanol–water partition coefficient (Wildman–Crippen LogP) is 2.35. The summed E-state index contributed by atoms with van der Waals surface area (Å²) in [5.74, 6) is 0. The summed E-state index contributed by atoms with van der Waals surface area (Å²) in [4.78, 5) is 4.21. The first-order valence-corrected chi connectivity index (χ1v) is 4.42. The first kappa shape index (κ1) is 8.48. The van der Waals surface area contributed by atoms with Gasteiger partial charge in [0.25, 0.3) is 0 Å². The maximum atomic E-state index is 5.98. The number of pyridine rings is 1. The molecule has 0 fully saturated rings. The molecule has 13 heavy (non-hydrogen) atoms. The predicted molar refractivity (Wildman–Crippen MR) is 54.6 cm³/mol. The van der Waals surface area contributed by atoms with Crippen LogP contribution in [-0.2, 0) is 6.54 Å². The highest BCUT2D eigenvalue weighted by Crippen LogP contribution is 2.21. The molecule has 0 bridgehead atoms. The average molecular weight is 193 g/mol. The molecule has 2 rings (SSSR count). The highest BCUT2D eigenvalue weighted by Gasteiger charge is 1.99. The Morgan fingerprint density at radius 2 is 2.15 bits per heavy atom. The summed E-state index contributed by atoms with van der Waals surface area (Å²) in [7, 11) is 0. The van der Waals surface area contributed by atoms with E-state index in [2.05, 4.69) is 4.98 Å². The first-order chi connectivity index (χ1) is 6.31. The largest absolute Gasteiger partial charge is 0.326 e. The highest BCUT2D eigenvalue weighted by molar-refractivity contribution is 6.35. The van der Waals surface area contributed by atoms with Gasteiger partial charge in [-0.25, -0.2) is 0 Å². The molecule has 0 saturated heterocycles. The van der Waals surface area contributed by atoms with Crippen LogP contribution in [-0.4, -0.2) is 4.98 Å². The van der Waals surface area contributed by atoms with Crippen LogP contribution in [0.1, 0.15) is 5.56 Å². The van der Waals surface area contributed by atoms with E-state index >= 15 is 0 Å². The van der Waals surface area contributed by atoms with Gasteiger partial charge in [0.1, 0.15) is 0 Å². The molecule has 0 amide bonds. The summed E-state index contributed by atoms with van der Waals surface area (Å²) in [6, 6.07) is 7.66. The van der Waals surface area contributed by atoms with E-state index in [4.69, 9.17) is 17.3 Å². The van der Waals surface area contributed by atoms with Crippen molar-refractivity contribution < 1.29 is 0 Å². The van der Waals surface area contributed by atoms with Gasteiger partial charge in [0, 0.05) is 18.1 Å². The summed E-state index contributed by atoms with van der Waals surface area (Å²) in [5.41, 5.74) is 7.49. The van der Waals surface area contributed by atoms with Gasteiger partial charge < -0.3 is 5.73 Å². The molecule has 0 saturated carbocycles. The van der Waals surface area contributed by atoms with Crippen LogP contribution in [0.25, 0.3) is 10.9 Å². The van der Waals surface area contributed by atoms with Crippen LogP contribution in [0.5, 0.6) is 0 Å². The lowest BCUT2D eigenvalue weighted by atomic mass is 10.1. The van der Waals surface area contributed by atoms with Gasteiger partial charge in [-0.15, -0.1) is 0 Å². The first-order valence-electron chi connectivity index (χ1n) is 4.04. The fourth-order valence-electron chi connectivity index (χ4n) is 1.29. The average Bonchev–Trinajstić information content (AvgIpc) is 2.18. The van der Waals surface area contributed by atoms with Crippen LogP contribution in [0.3, 0.4) is 0 Å². The van der Waals surface area contributed by atoms with Crippen LogP contribution in [0.2, 0.25) is 5.02 Å². The van der Waals surface area contributed by atoms with Crippen molar-refractivity contribution in [3.05, 3.63) is 41.0 Å². The lowest BCUT2D eigenvalue weighted by Gasteiger charge is -2.01. The van der Waals surface area contributed by atoms with Gasteiger partial charge in [-0.05, 0) is 17.7 Å². The van der Waals surface area contributed by atoms with Crippen molar-refractivity contribution in [3.8, 4) is 0 Å². The molecule has 0 radical (unpaired) electrons. The van der Waals surface area contributed by atoms with Crippen molar-refractivity contribution in [2.45, 2.75) is 6.54 Å². The lowest BCUT2D eigenvalue weighted by Crippen LogP contribution is -1.95. The van der Waals surface area contributed by atoms with Crippen LogP contribution in [0, 0.1) is 0 Å². The molecule has 3 heteroatoms. The number of hydrogen-bond acceptors (Lipinski definition) is 2. The Bertz CT molecular complexity index is 440. The quantitative estimate of drug-likeness (QED) is 0.754. The van der Waals surface area contributed by atoms with Crippen molar-refractivity contribution >= 4 is 22.5 Å². The van der Waals surface area contributed by atoms with E-state index < -0.39 is 0 Å². The molecule has 66 valence electrons. The summed E-state index contributed by atoms with van der Waals surface area (Å²) < 4.78 is 0. The molecule has 1 aromatic carbocycles. The fourth-order valence-corrected chi connectivity index (χ4v) is 1.50. The van der Waals surface area contributed by atoms with Gasteiger partial charge in [0.15, 0.2) is 0 Å². The van der Waals surface area contributed by atoms with Crippen LogP contribution in [0.15, 0.2) is 30.5 Å². The monoisotopic (exact) mass is 192 g/mol. The number of rotatable bonds is 1. The van der Waals surface area contributed by atoms with Crippen LogP contribution >= 0.6 is 11.6 Å². The number of aromatic nitrogens is 1. The molecule has 1 aromatic heterocycles. The number of hydrogen-bond donors (Lipinski definition) is 1. The van der Waals surface area contributed by atoms with E-state index in [1.807, 2.05) is 18.2 Å². The van der Waals surface area contributed by atoms with E-state index in [-0.39, 0.29) is 0 Å². The molecule has 2 aromatic rings. The second-order valence-electron chi connectivity index (χ2n) is 2.85. The maximum Gasteiger partial charge on any atom is 0.0720 e. The summed E-state index contributed by atoms with van der Waals surface area (Å²) in [5, 5.41) is 1.70. The fraction of sp³-hybridized carbons (Fsp3) is 0.100. The van der Waals surface area contributed by atoms with E-state index in [0.717, 1.165) is 21.5 Å². The Morgan fingerprint density at radius 1 is 1.31 bits per heavy atom. The van der Waals surface area contributed by atoms with Crippen LogP contribution < -0.4 is 5.73 Å². The van der Waals surface area contributed by atoms with Gasteiger partial charge in [-0.2, -0.15) is 0 Å². The van der Waals surface area contributed by atoms with Crippen molar-refractivity contribution in [2.75, 3.05) is 0 Å². The standard InChI is InChI=1S/C10H9ClN2/c11-9-3-4-13-10-5-7(6-12)1-2-8(9)10/h1-5H,6,12H2. The molecule has 0 aliphatic rings. The van der Waals surface area contributed by atoms with Gasteiger partial charge >= 0.3 is 0 Å². The molecule has 0 aliphatic carbocycles. The van der Waals surface area contributed by atoms with Crippen molar-refractivity contribution in [1.82, 2.24) is 4.98 Å². The van der Waals surface area contributed by atoms with E-state index in [9.17, 15) is 0 Å². The number of benzene rings is 1. The second kappa shape index (κ2) is 3.32. The van der Waals surface area contributed by atoms with E-state index in [0.29, 0.717) is 6.54 Å². The zero-order chi connectivity index (χ0) is 9.26. The molecule has 2 N–H and O–H groups in total. The van der Waals surface area contributed by atoms with Gasteiger partial charge in [-0.1, -0.05) is 23.7 Å². The zero-order valence-corrected chi connectivity index (χ0v) is 7.75. The maximum absolute atomic E-state index is 5.98. The Labute approximate surface area is 81.3 Å². The molecular formula is C10H9ClN2. The Balaban J connectivity index is 2.72. The molecule has 0 atom stereocenters. The molecular weight excluding hydrogens is 184 g/mol. The zero-order valence-electron chi connectivity index (χ0n) is 7.00. The topological polar surface area (TPSA) is 38.9 Å². The number of fused-ring (bicyclic) bond motifs is 1. The lowest BCUT2D eigenvalue weighted by molar-refractivity contribution is 1.07. The molecule has 0 unspecified atom stereocenters. The van der Waals surface area contributed by atoms with Crippen LogP contribution in [0.4, 0.5) is 0 Å². The SMILES string of the molecule is NCc1ccc2c(Cl)ccnc2c1. The third-order valence-corrected chi connectivity index (χ3v) is 2.32. The Morgan fingerprint density at radius 3 is 2.92 bits per heavy atom. The van der Waals surface area contributed by atoms with Gasteiger partial charge in [0.05, 0.1) is 10.5 Å². The number of nitrogens with zero attached hydrogens (tertiary/aromatic N) is 1. The number of nitrogens with two attached hydrogens (primary N) is 1. The van der Waals surface area contributed by atoms with E-state index in [1.165, 1.54) is 0 Å². The molecule has 0 aliphatic heterocycles. The normalized spacial score (nSPS) is 10.6. The number of halogens is 1. The van der Waals surface area contributed by atoms with Crippen molar-refractivity contribution in [2.24, 2.45) is 5.73 Å². The summed E-state index contributed by atoms with van der Waals surface area (Å²) in [6.07, 6.45) is 1.70. The summed E-state index contributed by atoms with van der Waals surface area (Å²) >= 11 is 5.98. The van der Waals surface area contributed by atoms with Gasteiger partial charge in [-0.3, -0.25) is 4.98 Å². The van der Waals surface area contributed by atoms with Crippen molar-refractivity contribution in [1.29, 1.82) is 0 Å². The summed E-state index contributed by atoms with van der Waals surface area (Å²) in [6.45, 7) is 0.532.